The molecule has 178 valence electrons. The largest absolute Gasteiger partial charge is 0.379 e. The van der Waals surface area contributed by atoms with Crippen molar-refractivity contribution in [2.24, 2.45) is 4.99 Å². The average molecular weight is 574 g/mol. The lowest BCUT2D eigenvalue weighted by Gasteiger charge is -2.33. The van der Waals surface area contributed by atoms with Gasteiger partial charge in [-0.25, -0.2) is 0 Å². The normalized spacial score (nSPS) is 18.3. The molecule has 0 amide bonds. The number of hydrogen-bond donors (Lipinski definition) is 2. The summed E-state index contributed by atoms with van der Waals surface area (Å²) >= 11 is 1.81. The molecule has 10 heteroatoms. The van der Waals surface area contributed by atoms with E-state index in [9.17, 15) is 0 Å². The van der Waals surface area contributed by atoms with Gasteiger partial charge in [0.15, 0.2) is 5.96 Å². The van der Waals surface area contributed by atoms with Gasteiger partial charge in [0.05, 0.1) is 25.8 Å². The Balaban J connectivity index is 0.00000289. The van der Waals surface area contributed by atoms with Crippen LogP contribution in [-0.2, 0) is 24.1 Å². The minimum absolute atomic E-state index is 0. The van der Waals surface area contributed by atoms with Gasteiger partial charge in [-0.2, -0.15) is 0 Å². The number of rotatable bonds is 8. The SMILES string of the molecule is CCNC(=NCC(c1cccs1)N1CCOCC1)NCCc1nnc2n1CCCCC2.I. The topological polar surface area (TPSA) is 79.6 Å². The lowest BCUT2D eigenvalue weighted by molar-refractivity contribution is 0.0186. The molecule has 2 aliphatic rings. The zero-order chi connectivity index (χ0) is 21.3. The van der Waals surface area contributed by atoms with Crippen molar-refractivity contribution in [1.82, 2.24) is 30.3 Å². The first-order valence-electron chi connectivity index (χ1n) is 11.6. The predicted octanol–water partition coefficient (Wildman–Crippen LogP) is 2.86. The van der Waals surface area contributed by atoms with Crippen molar-refractivity contribution in [1.29, 1.82) is 0 Å². The number of aryl methyl sites for hydroxylation is 1. The number of ether oxygens (including phenoxy) is 1. The molecular weight excluding hydrogens is 537 g/mol. The monoisotopic (exact) mass is 573 g/mol. The lowest BCUT2D eigenvalue weighted by Crippen LogP contribution is -2.42. The van der Waals surface area contributed by atoms with E-state index in [4.69, 9.17) is 9.73 Å². The maximum Gasteiger partial charge on any atom is 0.191 e. The molecule has 2 aliphatic heterocycles. The fourth-order valence-corrected chi connectivity index (χ4v) is 5.15. The molecule has 4 heterocycles. The number of nitrogens with one attached hydrogen (secondary N) is 2. The number of thiophene rings is 1. The number of fused-ring (bicyclic) bond motifs is 1. The van der Waals surface area contributed by atoms with Gasteiger partial charge >= 0.3 is 0 Å². The molecule has 1 saturated heterocycles. The van der Waals surface area contributed by atoms with Gasteiger partial charge in [-0.15, -0.1) is 45.5 Å². The lowest BCUT2D eigenvalue weighted by atomic mass is 10.2. The smallest absolute Gasteiger partial charge is 0.191 e. The standard InChI is InChI=1S/C22H35N7OS.HI/c1-2-23-22(24-10-9-21-27-26-20-8-4-3-5-11-29(20)21)25-17-18(19-7-6-16-31-19)28-12-14-30-15-13-28;/h6-7,16,18H,2-5,8-15,17H2,1H3,(H2,23,24,25);1H. The molecule has 0 bridgehead atoms. The first-order chi connectivity index (χ1) is 15.3. The first kappa shape index (κ1) is 25.4. The molecule has 0 spiro atoms. The Kier molecular flexibility index (Phi) is 10.7. The van der Waals surface area contributed by atoms with Crippen LogP contribution in [0.15, 0.2) is 22.5 Å². The summed E-state index contributed by atoms with van der Waals surface area (Å²) in [6.45, 7) is 9.04. The van der Waals surface area contributed by atoms with Crippen LogP contribution in [0.3, 0.4) is 0 Å². The fourth-order valence-electron chi connectivity index (χ4n) is 4.30. The van der Waals surface area contributed by atoms with E-state index in [0.717, 1.165) is 82.9 Å². The zero-order valence-corrected chi connectivity index (χ0v) is 22.1. The summed E-state index contributed by atoms with van der Waals surface area (Å²) in [5.74, 6) is 3.11. The van der Waals surface area contributed by atoms with Crippen molar-refractivity contribution in [3.63, 3.8) is 0 Å². The summed E-state index contributed by atoms with van der Waals surface area (Å²) in [5.41, 5.74) is 0. The average Bonchev–Trinajstić information content (AvgIpc) is 3.40. The van der Waals surface area contributed by atoms with E-state index < -0.39 is 0 Å². The van der Waals surface area contributed by atoms with E-state index in [1.165, 1.54) is 24.1 Å². The molecule has 2 aromatic heterocycles. The van der Waals surface area contributed by atoms with Crippen LogP contribution in [0.5, 0.6) is 0 Å². The minimum Gasteiger partial charge on any atom is -0.379 e. The van der Waals surface area contributed by atoms with E-state index in [-0.39, 0.29) is 24.0 Å². The van der Waals surface area contributed by atoms with Gasteiger partial charge in [0.25, 0.3) is 0 Å². The highest BCUT2D eigenvalue weighted by Crippen LogP contribution is 2.26. The van der Waals surface area contributed by atoms with Crippen LogP contribution in [0.1, 0.15) is 48.8 Å². The van der Waals surface area contributed by atoms with E-state index in [1.54, 1.807) is 0 Å². The van der Waals surface area contributed by atoms with E-state index in [1.807, 2.05) is 11.3 Å². The number of guanidine groups is 1. The molecule has 1 fully saturated rings. The second kappa shape index (κ2) is 13.5. The van der Waals surface area contributed by atoms with Crippen LogP contribution in [0.2, 0.25) is 0 Å². The third kappa shape index (κ3) is 6.88. The van der Waals surface area contributed by atoms with Crippen molar-refractivity contribution < 1.29 is 4.74 Å². The van der Waals surface area contributed by atoms with Gasteiger partial charge in [0.2, 0.25) is 0 Å². The van der Waals surface area contributed by atoms with Crippen LogP contribution in [0.25, 0.3) is 0 Å². The number of aliphatic imine (C=N–C) groups is 1. The molecule has 0 aliphatic carbocycles. The molecule has 2 N–H and O–H groups in total. The van der Waals surface area contributed by atoms with Gasteiger partial charge in [-0.1, -0.05) is 12.5 Å². The van der Waals surface area contributed by atoms with Crippen molar-refractivity contribution in [3.05, 3.63) is 34.0 Å². The molecule has 0 radical (unpaired) electrons. The number of aromatic nitrogens is 3. The van der Waals surface area contributed by atoms with Gasteiger partial charge in [-0.3, -0.25) is 9.89 Å². The number of halogens is 1. The van der Waals surface area contributed by atoms with E-state index >= 15 is 0 Å². The molecule has 0 aromatic carbocycles. The van der Waals surface area contributed by atoms with E-state index in [2.05, 4.69) is 54.7 Å². The Morgan fingerprint density at radius 3 is 2.84 bits per heavy atom. The van der Waals surface area contributed by atoms with Crippen molar-refractivity contribution in [2.45, 2.75) is 51.6 Å². The first-order valence-corrected chi connectivity index (χ1v) is 12.5. The number of morpholine rings is 1. The fraction of sp³-hybridized carbons (Fsp3) is 0.682. The van der Waals surface area contributed by atoms with Gasteiger partial charge in [0.1, 0.15) is 11.6 Å². The third-order valence-electron chi connectivity index (χ3n) is 5.95. The second-order valence-electron chi connectivity index (χ2n) is 8.07. The van der Waals surface area contributed by atoms with Gasteiger partial charge in [0, 0.05) is 50.4 Å². The zero-order valence-electron chi connectivity index (χ0n) is 19.0. The quantitative estimate of drug-likeness (QED) is 0.288. The van der Waals surface area contributed by atoms with Crippen molar-refractivity contribution in [2.75, 3.05) is 45.9 Å². The summed E-state index contributed by atoms with van der Waals surface area (Å²) < 4.78 is 7.88. The van der Waals surface area contributed by atoms with Crippen LogP contribution in [0, 0.1) is 0 Å². The Hall–Kier alpha value is -1.24. The third-order valence-corrected chi connectivity index (χ3v) is 6.93. The highest BCUT2D eigenvalue weighted by Gasteiger charge is 2.23. The molecule has 8 nitrogen and oxygen atoms in total. The molecule has 32 heavy (non-hydrogen) atoms. The molecule has 4 rings (SSSR count). The predicted molar refractivity (Wildman–Crippen MR) is 140 cm³/mol. The maximum absolute atomic E-state index is 5.56. The summed E-state index contributed by atoms with van der Waals surface area (Å²) in [6.07, 6.45) is 5.64. The van der Waals surface area contributed by atoms with Crippen LogP contribution < -0.4 is 10.6 Å². The highest BCUT2D eigenvalue weighted by molar-refractivity contribution is 14.0. The molecule has 0 saturated carbocycles. The molecule has 2 aromatic rings. The van der Waals surface area contributed by atoms with Crippen LogP contribution in [0.4, 0.5) is 0 Å². The summed E-state index contributed by atoms with van der Waals surface area (Å²) in [6, 6.07) is 4.64. The van der Waals surface area contributed by atoms with Crippen molar-refractivity contribution >= 4 is 41.3 Å². The van der Waals surface area contributed by atoms with Gasteiger partial charge < -0.3 is 19.9 Å². The Morgan fingerprint density at radius 1 is 1.19 bits per heavy atom. The highest BCUT2D eigenvalue weighted by atomic mass is 127. The molecule has 1 atom stereocenters. The Morgan fingerprint density at radius 2 is 2.06 bits per heavy atom. The van der Waals surface area contributed by atoms with E-state index in [0.29, 0.717) is 6.04 Å². The summed E-state index contributed by atoms with van der Waals surface area (Å²) in [7, 11) is 0. The number of hydrogen-bond acceptors (Lipinski definition) is 6. The summed E-state index contributed by atoms with van der Waals surface area (Å²) in [5, 5.41) is 17.9. The Labute approximate surface area is 212 Å². The maximum atomic E-state index is 5.56. The second-order valence-corrected chi connectivity index (χ2v) is 9.05. The molecular formula is C22H36IN7OS. The summed E-state index contributed by atoms with van der Waals surface area (Å²) in [4.78, 5) is 8.80. The minimum atomic E-state index is 0. The van der Waals surface area contributed by atoms with Crippen LogP contribution in [-0.4, -0.2) is 71.6 Å². The number of nitrogens with zero attached hydrogens (tertiary/aromatic N) is 5. The Bertz CT molecular complexity index is 820. The van der Waals surface area contributed by atoms with Gasteiger partial charge in [-0.05, 0) is 31.2 Å². The van der Waals surface area contributed by atoms with Crippen molar-refractivity contribution in [3.8, 4) is 0 Å². The van der Waals surface area contributed by atoms with Crippen LogP contribution >= 0.6 is 35.3 Å². The molecule has 1 unspecified atom stereocenters.